The number of rotatable bonds is 6. The molecule has 0 radical (unpaired) electrons. The minimum Gasteiger partial charge on any atom is -0.497 e. The first-order chi connectivity index (χ1) is 10.1. The summed E-state index contributed by atoms with van der Waals surface area (Å²) in [6.45, 7) is 2.88. The standard InChI is InChI=1S/C17H19BrFNO/c1-3-20-17(12-4-7-15(21-2)8-5-12)11-13-10-14(18)6-9-16(13)19/h4-10,17,20H,3,11H2,1-2H3. The van der Waals surface area contributed by atoms with Crippen LogP contribution in [0.5, 0.6) is 5.75 Å². The van der Waals surface area contributed by atoms with Gasteiger partial charge in [-0.3, -0.25) is 0 Å². The first-order valence-corrected chi connectivity index (χ1v) is 7.74. The molecule has 0 bridgehead atoms. The molecule has 0 aliphatic heterocycles. The highest BCUT2D eigenvalue weighted by Gasteiger charge is 2.14. The van der Waals surface area contributed by atoms with Crippen LogP contribution in [0, 0.1) is 5.82 Å². The Labute approximate surface area is 133 Å². The fourth-order valence-corrected chi connectivity index (χ4v) is 2.72. The molecule has 0 heterocycles. The van der Waals surface area contributed by atoms with Crippen LogP contribution in [0.2, 0.25) is 0 Å². The molecule has 0 aliphatic carbocycles. The van der Waals surface area contributed by atoms with Crippen LogP contribution >= 0.6 is 15.9 Å². The Balaban J connectivity index is 2.23. The topological polar surface area (TPSA) is 21.3 Å². The Morgan fingerprint density at radius 1 is 1.19 bits per heavy atom. The zero-order chi connectivity index (χ0) is 15.2. The molecule has 2 nitrogen and oxygen atoms in total. The molecule has 0 saturated carbocycles. The van der Waals surface area contributed by atoms with Crippen molar-refractivity contribution in [1.82, 2.24) is 5.32 Å². The van der Waals surface area contributed by atoms with Crippen LogP contribution in [0.25, 0.3) is 0 Å². The molecule has 0 saturated heterocycles. The second-order valence-electron chi connectivity index (χ2n) is 4.82. The zero-order valence-corrected chi connectivity index (χ0v) is 13.8. The number of ether oxygens (including phenoxy) is 1. The third-order valence-electron chi connectivity index (χ3n) is 3.40. The lowest BCUT2D eigenvalue weighted by molar-refractivity contribution is 0.414. The third kappa shape index (κ3) is 4.29. The molecule has 0 amide bonds. The smallest absolute Gasteiger partial charge is 0.126 e. The monoisotopic (exact) mass is 351 g/mol. The normalized spacial score (nSPS) is 12.2. The van der Waals surface area contributed by atoms with Gasteiger partial charge in [0, 0.05) is 10.5 Å². The molecule has 4 heteroatoms. The maximum Gasteiger partial charge on any atom is 0.126 e. The van der Waals surface area contributed by atoms with Crippen LogP contribution in [-0.2, 0) is 6.42 Å². The van der Waals surface area contributed by atoms with Crippen LogP contribution in [-0.4, -0.2) is 13.7 Å². The van der Waals surface area contributed by atoms with Crippen molar-refractivity contribution in [3.63, 3.8) is 0 Å². The van der Waals surface area contributed by atoms with Crippen molar-refractivity contribution >= 4 is 15.9 Å². The van der Waals surface area contributed by atoms with Crippen molar-refractivity contribution in [2.75, 3.05) is 13.7 Å². The number of hydrogen-bond acceptors (Lipinski definition) is 2. The highest BCUT2D eigenvalue weighted by Crippen LogP contribution is 2.24. The lowest BCUT2D eigenvalue weighted by Gasteiger charge is -2.19. The summed E-state index contributed by atoms with van der Waals surface area (Å²) in [4.78, 5) is 0. The molecule has 0 fully saturated rings. The lowest BCUT2D eigenvalue weighted by atomic mass is 9.98. The van der Waals surface area contributed by atoms with Gasteiger partial charge in [0.1, 0.15) is 11.6 Å². The van der Waals surface area contributed by atoms with Crippen molar-refractivity contribution in [1.29, 1.82) is 0 Å². The predicted octanol–water partition coefficient (Wildman–Crippen LogP) is 4.49. The Kier molecular flexibility index (Phi) is 5.76. The van der Waals surface area contributed by atoms with Crippen molar-refractivity contribution in [2.24, 2.45) is 0 Å². The quantitative estimate of drug-likeness (QED) is 0.827. The first-order valence-electron chi connectivity index (χ1n) is 6.95. The van der Waals surface area contributed by atoms with Gasteiger partial charge >= 0.3 is 0 Å². The van der Waals surface area contributed by atoms with Crippen molar-refractivity contribution in [3.05, 3.63) is 63.9 Å². The molecule has 0 spiro atoms. The van der Waals surface area contributed by atoms with Crippen LogP contribution in [0.15, 0.2) is 46.9 Å². The number of methoxy groups -OCH3 is 1. The van der Waals surface area contributed by atoms with Gasteiger partial charge in [-0.1, -0.05) is 35.0 Å². The molecule has 2 aromatic carbocycles. The van der Waals surface area contributed by atoms with Crippen LogP contribution in [0.3, 0.4) is 0 Å². The van der Waals surface area contributed by atoms with Gasteiger partial charge in [-0.05, 0) is 54.4 Å². The molecular weight excluding hydrogens is 333 g/mol. The highest BCUT2D eigenvalue weighted by molar-refractivity contribution is 9.10. The Bertz CT molecular complexity index is 586. The highest BCUT2D eigenvalue weighted by atomic mass is 79.9. The molecule has 0 aromatic heterocycles. The van der Waals surface area contributed by atoms with E-state index in [9.17, 15) is 4.39 Å². The summed E-state index contributed by atoms with van der Waals surface area (Å²) in [5.74, 6) is 0.650. The van der Waals surface area contributed by atoms with Crippen LogP contribution in [0.1, 0.15) is 24.1 Å². The lowest BCUT2D eigenvalue weighted by Crippen LogP contribution is -2.23. The average Bonchev–Trinajstić information content (AvgIpc) is 2.50. The van der Waals surface area contributed by atoms with E-state index < -0.39 is 0 Å². The number of halogens is 2. The Morgan fingerprint density at radius 2 is 1.90 bits per heavy atom. The molecular formula is C17H19BrFNO. The van der Waals surface area contributed by atoms with Gasteiger partial charge < -0.3 is 10.1 Å². The van der Waals surface area contributed by atoms with Crippen molar-refractivity contribution < 1.29 is 9.13 Å². The Hall–Kier alpha value is -1.39. The van der Waals surface area contributed by atoms with Gasteiger partial charge in [-0.15, -0.1) is 0 Å². The summed E-state index contributed by atoms with van der Waals surface area (Å²) in [6.07, 6.45) is 0.603. The van der Waals surface area contributed by atoms with Gasteiger partial charge in [0.05, 0.1) is 7.11 Å². The minimum atomic E-state index is -0.172. The van der Waals surface area contributed by atoms with E-state index in [4.69, 9.17) is 4.74 Å². The molecule has 1 N–H and O–H groups in total. The number of hydrogen-bond donors (Lipinski definition) is 1. The summed E-state index contributed by atoms with van der Waals surface area (Å²) in [6, 6.07) is 13.0. The second kappa shape index (κ2) is 7.57. The van der Waals surface area contributed by atoms with Gasteiger partial charge in [0.15, 0.2) is 0 Å². The zero-order valence-electron chi connectivity index (χ0n) is 12.2. The van der Waals surface area contributed by atoms with E-state index >= 15 is 0 Å². The number of nitrogens with one attached hydrogen (secondary N) is 1. The van der Waals surface area contributed by atoms with E-state index in [1.165, 1.54) is 6.07 Å². The summed E-state index contributed by atoms with van der Waals surface area (Å²) in [5, 5.41) is 3.41. The molecule has 0 aliphatic rings. The van der Waals surface area contributed by atoms with Gasteiger partial charge in [0.2, 0.25) is 0 Å². The predicted molar refractivity (Wildman–Crippen MR) is 87.2 cm³/mol. The number of likely N-dealkylation sites (N-methyl/N-ethyl adjacent to an activating group) is 1. The van der Waals surface area contributed by atoms with E-state index in [1.54, 1.807) is 13.2 Å². The fraction of sp³-hybridized carbons (Fsp3) is 0.294. The average molecular weight is 352 g/mol. The van der Waals surface area contributed by atoms with Crippen LogP contribution in [0.4, 0.5) is 4.39 Å². The fourth-order valence-electron chi connectivity index (χ4n) is 2.31. The molecule has 1 unspecified atom stereocenters. The van der Waals surface area contributed by atoms with E-state index in [0.29, 0.717) is 12.0 Å². The molecule has 21 heavy (non-hydrogen) atoms. The molecule has 2 rings (SSSR count). The van der Waals surface area contributed by atoms with E-state index in [1.807, 2.05) is 37.3 Å². The maximum absolute atomic E-state index is 13.9. The minimum absolute atomic E-state index is 0.0738. The molecule has 1 atom stereocenters. The second-order valence-corrected chi connectivity index (χ2v) is 5.74. The van der Waals surface area contributed by atoms with Gasteiger partial charge in [-0.2, -0.15) is 0 Å². The van der Waals surface area contributed by atoms with E-state index in [-0.39, 0.29) is 11.9 Å². The van der Waals surface area contributed by atoms with Gasteiger partial charge in [0.25, 0.3) is 0 Å². The largest absolute Gasteiger partial charge is 0.497 e. The summed E-state index contributed by atoms with van der Waals surface area (Å²) in [5.41, 5.74) is 1.82. The Morgan fingerprint density at radius 3 is 2.52 bits per heavy atom. The van der Waals surface area contributed by atoms with E-state index in [2.05, 4.69) is 21.2 Å². The summed E-state index contributed by atoms with van der Waals surface area (Å²) >= 11 is 3.40. The van der Waals surface area contributed by atoms with Crippen molar-refractivity contribution in [2.45, 2.75) is 19.4 Å². The SMILES string of the molecule is CCNC(Cc1cc(Br)ccc1F)c1ccc(OC)cc1. The maximum atomic E-state index is 13.9. The van der Waals surface area contributed by atoms with Gasteiger partial charge in [-0.25, -0.2) is 4.39 Å². The number of benzene rings is 2. The van der Waals surface area contributed by atoms with Crippen LogP contribution < -0.4 is 10.1 Å². The summed E-state index contributed by atoms with van der Waals surface area (Å²) in [7, 11) is 1.65. The molecule has 112 valence electrons. The third-order valence-corrected chi connectivity index (χ3v) is 3.89. The van der Waals surface area contributed by atoms with Crippen molar-refractivity contribution in [3.8, 4) is 5.75 Å². The molecule has 2 aromatic rings. The first kappa shape index (κ1) is 16.0. The van der Waals surface area contributed by atoms with E-state index in [0.717, 1.165) is 22.3 Å². The summed E-state index contributed by atoms with van der Waals surface area (Å²) < 4.78 is 20.0.